The van der Waals surface area contributed by atoms with Gasteiger partial charge >= 0.3 is 0 Å². The van der Waals surface area contributed by atoms with Crippen molar-refractivity contribution in [3.05, 3.63) is 132 Å². The van der Waals surface area contributed by atoms with Gasteiger partial charge in [0.05, 0.1) is 17.1 Å². The predicted molar refractivity (Wildman–Crippen MR) is 139 cm³/mol. The number of hydrogen-bond acceptors (Lipinski definition) is 3. The summed E-state index contributed by atoms with van der Waals surface area (Å²) in [5.74, 6) is 0. The molecule has 0 spiro atoms. The monoisotopic (exact) mass is 440 g/mol. The van der Waals surface area contributed by atoms with Gasteiger partial charge < -0.3 is 9.88 Å². The lowest BCUT2D eigenvalue weighted by Gasteiger charge is -2.22. The van der Waals surface area contributed by atoms with E-state index in [-0.39, 0.29) is 6.04 Å². The van der Waals surface area contributed by atoms with Crippen LogP contribution in [0, 0.1) is 18.3 Å². The predicted octanol–water partition coefficient (Wildman–Crippen LogP) is 6.65. The molecule has 5 rings (SSSR count). The number of dihydropyridines is 1. The summed E-state index contributed by atoms with van der Waals surface area (Å²) in [6, 6.07) is 21.0. The number of benzene rings is 2. The average Bonchev–Trinajstić information content (AvgIpc) is 3.18. The van der Waals surface area contributed by atoms with Gasteiger partial charge in [-0.05, 0) is 60.0 Å². The van der Waals surface area contributed by atoms with E-state index >= 15 is 0 Å². The number of hydrogen-bond donors (Lipinski definition) is 1. The van der Waals surface area contributed by atoms with Crippen molar-refractivity contribution in [2.45, 2.75) is 13.0 Å². The van der Waals surface area contributed by atoms with Gasteiger partial charge in [0.25, 0.3) is 0 Å². The molecule has 0 fully saturated rings. The number of rotatable bonds is 5. The van der Waals surface area contributed by atoms with Crippen molar-refractivity contribution in [1.82, 2.24) is 14.9 Å². The van der Waals surface area contributed by atoms with Crippen LogP contribution in [0.15, 0.2) is 104 Å². The Morgan fingerprint density at radius 2 is 1.97 bits per heavy atom. The van der Waals surface area contributed by atoms with Gasteiger partial charge in [-0.3, -0.25) is 4.98 Å². The van der Waals surface area contributed by atoms with Crippen LogP contribution < -0.4 is 5.32 Å². The highest BCUT2D eigenvalue weighted by atomic mass is 15.0. The Morgan fingerprint density at radius 3 is 2.76 bits per heavy atom. The number of allylic oxidation sites excluding steroid dienone is 4. The van der Waals surface area contributed by atoms with Crippen molar-refractivity contribution >= 4 is 22.7 Å². The second-order valence-electron chi connectivity index (χ2n) is 8.21. The summed E-state index contributed by atoms with van der Waals surface area (Å²) in [7, 11) is 0. The Hall–Kier alpha value is -4.62. The normalized spacial score (nSPS) is 15.2. The van der Waals surface area contributed by atoms with Crippen molar-refractivity contribution in [2.24, 2.45) is 0 Å². The third-order valence-corrected chi connectivity index (χ3v) is 6.11. The van der Waals surface area contributed by atoms with Crippen LogP contribution in [0.5, 0.6) is 0 Å². The molecule has 3 heterocycles. The summed E-state index contributed by atoms with van der Waals surface area (Å²) < 4.78 is 2.30. The van der Waals surface area contributed by atoms with E-state index in [2.05, 4.69) is 101 Å². The minimum Gasteiger partial charge on any atom is -0.374 e. The van der Waals surface area contributed by atoms with Crippen LogP contribution >= 0.6 is 0 Å². The van der Waals surface area contributed by atoms with E-state index < -0.39 is 0 Å². The summed E-state index contributed by atoms with van der Waals surface area (Å²) in [6.07, 6.45) is 15.5. The van der Waals surface area contributed by atoms with E-state index in [0.29, 0.717) is 5.56 Å². The smallest absolute Gasteiger partial charge is 0.101 e. The van der Waals surface area contributed by atoms with Gasteiger partial charge in [0.1, 0.15) is 6.07 Å². The van der Waals surface area contributed by atoms with E-state index in [9.17, 15) is 5.26 Å². The molecule has 0 amide bonds. The maximum absolute atomic E-state index is 9.24. The largest absolute Gasteiger partial charge is 0.374 e. The van der Waals surface area contributed by atoms with Crippen LogP contribution in [0.25, 0.3) is 28.4 Å². The SMILES string of the molecule is C=C/C=C\c1c(C)c2ccc(C3=CC=CC(c4cncc(C#N)c4)N3)cc2n1-c1ccccc1. The van der Waals surface area contributed by atoms with Gasteiger partial charge in [-0.1, -0.05) is 61.2 Å². The molecule has 1 atom stereocenters. The molecule has 2 aromatic heterocycles. The van der Waals surface area contributed by atoms with E-state index in [4.69, 9.17) is 0 Å². The molecule has 4 aromatic rings. The van der Waals surface area contributed by atoms with Crippen LogP contribution in [0.3, 0.4) is 0 Å². The van der Waals surface area contributed by atoms with Crippen molar-refractivity contribution < 1.29 is 0 Å². The molecule has 1 aliphatic rings. The highest BCUT2D eigenvalue weighted by Crippen LogP contribution is 2.33. The molecule has 0 radical (unpaired) electrons. The molecule has 0 aliphatic carbocycles. The third-order valence-electron chi connectivity index (χ3n) is 6.11. The van der Waals surface area contributed by atoms with Gasteiger partial charge in [0.2, 0.25) is 0 Å². The number of pyridine rings is 1. The lowest BCUT2D eigenvalue weighted by Crippen LogP contribution is -2.20. The van der Waals surface area contributed by atoms with Gasteiger partial charge in [-0.2, -0.15) is 5.26 Å². The minimum absolute atomic E-state index is 0.0507. The zero-order valence-electron chi connectivity index (χ0n) is 18.9. The molecule has 1 unspecified atom stereocenters. The van der Waals surface area contributed by atoms with Crippen molar-refractivity contribution in [2.75, 3.05) is 0 Å². The minimum atomic E-state index is -0.0507. The highest BCUT2D eigenvalue weighted by Gasteiger charge is 2.18. The fraction of sp³-hybridized carbons (Fsp3) is 0.0667. The summed E-state index contributed by atoms with van der Waals surface area (Å²) in [4.78, 5) is 4.22. The average molecular weight is 441 g/mol. The van der Waals surface area contributed by atoms with Crippen LogP contribution in [0.4, 0.5) is 0 Å². The van der Waals surface area contributed by atoms with Gasteiger partial charge in [0, 0.05) is 34.9 Å². The zero-order valence-corrected chi connectivity index (χ0v) is 18.9. The highest BCUT2D eigenvalue weighted by molar-refractivity contribution is 5.92. The number of aryl methyl sites for hydroxylation is 1. The van der Waals surface area contributed by atoms with Crippen LogP contribution in [0.2, 0.25) is 0 Å². The Bertz CT molecular complexity index is 1510. The summed E-state index contributed by atoms with van der Waals surface area (Å²) in [5, 5.41) is 14.1. The zero-order chi connectivity index (χ0) is 23.5. The number of nitrogens with zero attached hydrogens (tertiary/aromatic N) is 3. The maximum Gasteiger partial charge on any atom is 0.101 e. The van der Waals surface area contributed by atoms with Gasteiger partial charge in [0.15, 0.2) is 0 Å². The van der Waals surface area contributed by atoms with Gasteiger partial charge in [-0.25, -0.2) is 0 Å². The molecule has 34 heavy (non-hydrogen) atoms. The maximum atomic E-state index is 9.24. The molecular formula is C30H24N4. The lowest BCUT2D eigenvalue weighted by atomic mass is 10.0. The molecule has 4 heteroatoms. The molecule has 1 aliphatic heterocycles. The molecule has 2 aromatic carbocycles. The molecule has 1 N–H and O–H groups in total. The van der Waals surface area contributed by atoms with Crippen LogP contribution in [0.1, 0.15) is 34.0 Å². The number of fused-ring (bicyclic) bond motifs is 1. The summed E-state index contributed by atoms with van der Waals surface area (Å²) >= 11 is 0. The standard InChI is InChI=1S/C30H24N4/c1-3-4-13-29-21(2)26-15-14-23(17-30(26)34(29)25-9-6-5-7-10-25)27-11-8-12-28(33-27)24-16-22(18-31)19-32-20-24/h3-17,19-20,28,33H,1H2,2H3/b13-4-. The Morgan fingerprint density at radius 1 is 1.12 bits per heavy atom. The Labute approximate surface area is 199 Å². The Balaban J connectivity index is 1.60. The fourth-order valence-corrected chi connectivity index (χ4v) is 4.44. The second-order valence-corrected chi connectivity index (χ2v) is 8.21. The van der Waals surface area contributed by atoms with Gasteiger partial charge in [-0.15, -0.1) is 0 Å². The molecule has 164 valence electrons. The Kier molecular flexibility index (Phi) is 5.68. The fourth-order valence-electron chi connectivity index (χ4n) is 4.44. The first-order chi connectivity index (χ1) is 16.7. The first-order valence-corrected chi connectivity index (χ1v) is 11.2. The van der Waals surface area contributed by atoms with Crippen molar-refractivity contribution in [3.8, 4) is 11.8 Å². The first kappa shape index (κ1) is 21.2. The summed E-state index contributed by atoms with van der Waals surface area (Å²) in [6.45, 7) is 6.00. The number of nitriles is 1. The van der Waals surface area contributed by atoms with E-state index in [0.717, 1.165) is 33.7 Å². The second kappa shape index (κ2) is 9.09. The van der Waals surface area contributed by atoms with E-state index in [1.165, 1.54) is 10.9 Å². The van der Waals surface area contributed by atoms with Crippen molar-refractivity contribution in [1.29, 1.82) is 5.26 Å². The molecule has 4 nitrogen and oxygen atoms in total. The number of nitrogens with one attached hydrogen (secondary N) is 1. The quantitative estimate of drug-likeness (QED) is 0.354. The lowest BCUT2D eigenvalue weighted by molar-refractivity contribution is 0.759. The van der Waals surface area contributed by atoms with Crippen molar-refractivity contribution in [3.63, 3.8) is 0 Å². The molecule has 0 saturated heterocycles. The molecule has 0 bridgehead atoms. The van der Waals surface area contributed by atoms with E-state index in [1.807, 2.05) is 18.2 Å². The van der Waals surface area contributed by atoms with Crippen LogP contribution in [-0.4, -0.2) is 9.55 Å². The first-order valence-electron chi connectivity index (χ1n) is 11.2. The summed E-state index contributed by atoms with van der Waals surface area (Å²) in [5.41, 5.74) is 8.27. The molecular weight excluding hydrogens is 416 g/mol. The van der Waals surface area contributed by atoms with Crippen LogP contribution in [-0.2, 0) is 0 Å². The third kappa shape index (κ3) is 3.85. The number of aromatic nitrogens is 2. The van der Waals surface area contributed by atoms with E-state index in [1.54, 1.807) is 18.5 Å². The number of para-hydroxylation sites is 1. The topological polar surface area (TPSA) is 53.6 Å². The molecule has 0 saturated carbocycles.